The molecule has 20 heavy (non-hydrogen) atoms. The molecule has 0 aromatic carbocycles. The summed E-state index contributed by atoms with van der Waals surface area (Å²) < 4.78 is 0. The zero-order chi connectivity index (χ0) is 13.8. The maximum Gasteiger partial charge on any atom is 0.0248 e. The van der Waals surface area contributed by atoms with Crippen molar-refractivity contribution in [2.75, 3.05) is 6.54 Å². The van der Waals surface area contributed by atoms with Crippen LogP contribution >= 0.6 is 11.3 Å². The summed E-state index contributed by atoms with van der Waals surface area (Å²) in [5.41, 5.74) is 7.62. The van der Waals surface area contributed by atoms with Gasteiger partial charge in [0.05, 0.1) is 0 Å². The highest BCUT2D eigenvalue weighted by Crippen LogP contribution is 2.34. The fraction of sp³-hybridized carbons (Fsp3) is 0.765. The maximum atomic E-state index is 6.15. The van der Waals surface area contributed by atoms with Gasteiger partial charge in [-0.25, -0.2) is 0 Å². The van der Waals surface area contributed by atoms with Crippen molar-refractivity contribution in [1.29, 1.82) is 0 Å². The Morgan fingerprint density at radius 3 is 2.60 bits per heavy atom. The SMILES string of the molecule is NCC(CC1CCCCC1)N(Cc1ccsc1)C1CC1. The Morgan fingerprint density at radius 2 is 2.00 bits per heavy atom. The van der Waals surface area contributed by atoms with Gasteiger partial charge in [-0.2, -0.15) is 11.3 Å². The molecule has 0 radical (unpaired) electrons. The first kappa shape index (κ1) is 14.6. The summed E-state index contributed by atoms with van der Waals surface area (Å²) in [7, 11) is 0. The lowest BCUT2D eigenvalue weighted by molar-refractivity contribution is 0.144. The van der Waals surface area contributed by atoms with Gasteiger partial charge in [0.1, 0.15) is 0 Å². The molecular weight excluding hydrogens is 264 g/mol. The normalized spacial score (nSPS) is 22.3. The minimum atomic E-state index is 0.602. The molecule has 1 atom stereocenters. The van der Waals surface area contributed by atoms with E-state index in [0.29, 0.717) is 6.04 Å². The molecule has 1 heterocycles. The van der Waals surface area contributed by atoms with Crippen LogP contribution in [0.1, 0.15) is 56.9 Å². The zero-order valence-corrected chi connectivity index (χ0v) is 13.3. The molecule has 1 aromatic heterocycles. The van der Waals surface area contributed by atoms with Crippen LogP contribution in [-0.2, 0) is 6.54 Å². The molecule has 2 fully saturated rings. The molecule has 2 nitrogen and oxygen atoms in total. The summed E-state index contributed by atoms with van der Waals surface area (Å²) in [6, 6.07) is 3.69. The molecule has 112 valence electrons. The van der Waals surface area contributed by atoms with Gasteiger partial charge in [0, 0.05) is 25.2 Å². The van der Waals surface area contributed by atoms with Crippen LogP contribution in [0.2, 0.25) is 0 Å². The quantitative estimate of drug-likeness (QED) is 0.822. The lowest BCUT2D eigenvalue weighted by Crippen LogP contribution is -2.43. The van der Waals surface area contributed by atoms with Gasteiger partial charge >= 0.3 is 0 Å². The van der Waals surface area contributed by atoms with Crippen molar-refractivity contribution in [2.24, 2.45) is 11.7 Å². The maximum absolute atomic E-state index is 6.15. The van der Waals surface area contributed by atoms with E-state index in [0.717, 1.165) is 25.0 Å². The summed E-state index contributed by atoms with van der Waals surface area (Å²) in [4.78, 5) is 2.72. The topological polar surface area (TPSA) is 29.3 Å². The Balaban J connectivity index is 1.61. The molecule has 2 aliphatic carbocycles. The van der Waals surface area contributed by atoms with Crippen LogP contribution in [0.15, 0.2) is 16.8 Å². The molecule has 0 bridgehead atoms. The first-order chi connectivity index (χ1) is 9.86. The van der Waals surface area contributed by atoms with Crippen LogP contribution < -0.4 is 5.73 Å². The van der Waals surface area contributed by atoms with Crippen LogP contribution in [0.4, 0.5) is 0 Å². The molecule has 2 N–H and O–H groups in total. The Labute approximate surface area is 127 Å². The molecular formula is C17H28N2S. The third kappa shape index (κ3) is 3.84. The fourth-order valence-electron chi connectivity index (χ4n) is 3.73. The summed E-state index contributed by atoms with van der Waals surface area (Å²) >= 11 is 1.81. The number of nitrogens with two attached hydrogens (primary N) is 1. The predicted octanol–water partition coefficient (Wildman–Crippen LogP) is 4.01. The van der Waals surface area contributed by atoms with E-state index in [2.05, 4.69) is 21.7 Å². The molecule has 0 amide bonds. The first-order valence-corrected chi connectivity index (χ1v) is 9.28. The third-order valence-corrected chi connectivity index (χ3v) is 5.76. The van der Waals surface area contributed by atoms with E-state index in [1.165, 1.54) is 56.9 Å². The third-order valence-electron chi connectivity index (χ3n) is 5.03. The molecule has 0 aliphatic heterocycles. The Morgan fingerprint density at radius 1 is 1.20 bits per heavy atom. The number of nitrogens with zero attached hydrogens (tertiary/aromatic N) is 1. The Hall–Kier alpha value is -0.380. The minimum absolute atomic E-state index is 0.602. The second-order valence-electron chi connectivity index (χ2n) is 6.66. The lowest BCUT2D eigenvalue weighted by atomic mass is 9.84. The molecule has 2 aliphatic rings. The molecule has 0 saturated heterocycles. The summed E-state index contributed by atoms with van der Waals surface area (Å²) in [6.45, 7) is 1.94. The Bertz CT molecular complexity index is 380. The van der Waals surface area contributed by atoms with E-state index in [9.17, 15) is 0 Å². The highest BCUT2D eigenvalue weighted by atomic mass is 32.1. The lowest BCUT2D eigenvalue weighted by Gasteiger charge is -2.34. The fourth-order valence-corrected chi connectivity index (χ4v) is 4.39. The van der Waals surface area contributed by atoms with Gasteiger partial charge in [-0.15, -0.1) is 0 Å². The van der Waals surface area contributed by atoms with Crippen molar-refractivity contribution in [3.05, 3.63) is 22.4 Å². The van der Waals surface area contributed by atoms with Crippen molar-refractivity contribution in [2.45, 2.75) is 70.0 Å². The molecule has 0 spiro atoms. The second-order valence-corrected chi connectivity index (χ2v) is 7.44. The monoisotopic (exact) mass is 292 g/mol. The molecule has 2 saturated carbocycles. The highest BCUT2D eigenvalue weighted by Gasteiger charge is 2.34. The van der Waals surface area contributed by atoms with Gasteiger partial charge in [0.15, 0.2) is 0 Å². The summed E-state index contributed by atoms with van der Waals surface area (Å²) in [6.07, 6.45) is 11.3. The van der Waals surface area contributed by atoms with E-state index >= 15 is 0 Å². The second kappa shape index (κ2) is 7.06. The largest absolute Gasteiger partial charge is 0.329 e. The first-order valence-electron chi connectivity index (χ1n) is 8.33. The Kier molecular flexibility index (Phi) is 5.14. The van der Waals surface area contributed by atoms with Crippen molar-refractivity contribution < 1.29 is 0 Å². The number of rotatable bonds is 7. The van der Waals surface area contributed by atoms with Crippen LogP contribution in [0.3, 0.4) is 0 Å². The van der Waals surface area contributed by atoms with Crippen LogP contribution in [0.25, 0.3) is 0 Å². The average molecular weight is 292 g/mol. The van der Waals surface area contributed by atoms with Gasteiger partial charge in [0.2, 0.25) is 0 Å². The number of hydrogen-bond donors (Lipinski definition) is 1. The van der Waals surface area contributed by atoms with E-state index in [1.807, 2.05) is 11.3 Å². The van der Waals surface area contributed by atoms with Crippen LogP contribution in [0, 0.1) is 5.92 Å². The smallest absolute Gasteiger partial charge is 0.0248 e. The van der Waals surface area contributed by atoms with Crippen molar-refractivity contribution in [3.8, 4) is 0 Å². The van der Waals surface area contributed by atoms with Gasteiger partial charge in [-0.1, -0.05) is 32.1 Å². The van der Waals surface area contributed by atoms with Crippen LogP contribution in [0.5, 0.6) is 0 Å². The molecule has 1 unspecified atom stereocenters. The van der Waals surface area contributed by atoms with Crippen LogP contribution in [-0.4, -0.2) is 23.5 Å². The van der Waals surface area contributed by atoms with Gasteiger partial charge in [-0.05, 0) is 47.6 Å². The van der Waals surface area contributed by atoms with Crippen molar-refractivity contribution >= 4 is 11.3 Å². The molecule has 3 rings (SSSR count). The minimum Gasteiger partial charge on any atom is -0.329 e. The van der Waals surface area contributed by atoms with Gasteiger partial charge in [0.25, 0.3) is 0 Å². The van der Waals surface area contributed by atoms with E-state index < -0.39 is 0 Å². The molecule has 3 heteroatoms. The van der Waals surface area contributed by atoms with Gasteiger partial charge < -0.3 is 5.73 Å². The molecule has 1 aromatic rings. The zero-order valence-electron chi connectivity index (χ0n) is 12.5. The standard InChI is InChI=1S/C17H28N2S/c18-11-17(10-14-4-2-1-3-5-14)19(16-6-7-16)12-15-8-9-20-13-15/h8-9,13-14,16-17H,1-7,10-12,18H2. The van der Waals surface area contributed by atoms with Crippen molar-refractivity contribution in [3.63, 3.8) is 0 Å². The van der Waals surface area contributed by atoms with E-state index in [4.69, 9.17) is 5.73 Å². The number of hydrogen-bond acceptors (Lipinski definition) is 3. The van der Waals surface area contributed by atoms with E-state index in [-0.39, 0.29) is 0 Å². The van der Waals surface area contributed by atoms with E-state index in [1.54, 1.807) is 0 Å². The van der Waals surface area contributed by atoms with Crippen molar-refractivity contribution in [1.82, 2.24) is 4.90 Å². The average Bonchev–Trinajstić information content (AvgIpc) is 3.20. The highest BCUT2D eigenvalue weighted by molar-refractivity contribution is 7.07. The predicted molar refractivity (Wildman–Crippen MR) is 86.9 cm³/mol. The number of thiophene rings is 1. The summed E-state index contributed by atoms with van der Waals surface area (Å²) in [5.74, 6) is 0.932. The summed E-state index contributed by atoms with van der Waals surface area (Å²) in [5, 5.41) is 4.49. The van der Waals surface area contributed by atoms with Gasteiger partial charge in [-0.3, -0.25) is 4.90 Å².